The summed E-state index contributed by atoms with van der Waals surface area (Å²) < 4.78 is 44.2. The number of hydrogen-bond acceptors (Lipinski definition) is 5. The van der Waals surface area contributed by atoms with Crippen molar-refractivity contribution in [2.45, 2.75) is 50.6 Å². The van der Waals surface area contributed by atoms with Crippen LogP contribution in [-0.4, -0.2) is 58.6 Å². The number of urea groups is 1. The molecule has 0 radical (unpaired) electrons. The van der Waals surface area contributed by atoms with E-state index in [1.165, 1.54) is 29.3 Å². The summed E-state index contributed by atoms with van der Waals surface area (Å²) in [6.07, 6.45) is 2.54. The van der Waals surface area contributed by atoms with E-state index in [4.69, 9.17) is 16.3 Å². The highest BCUT2D eigenvalue weighted by Crippen LogP contribution is 2.28. The van der Waals surface area contributed by atoms with Gasteiger partial charge in [-0.2, -0.15) is 0 Å². The number of amides is 3. The summed E-state index contributed by atoms with van der Waals surface area (Å²) in [5.74, 6) is -0.174. The number of alkyl halides is 2. The zero-order chi connectivity index (χ0) is 24.9. The highest BCUT2D eigenvalue weighted by atomic mass is 35.5. The molecule has 188 valence electrons. The third-order valence-corrected chi connectivity index (χ3v) is 6.50. The van der Waals surface area contributed by atoms with Crippen LogP contribution in [0.5, 0.6) is 5.75 Å². The molecule has 1 saturated heterocycles. The largest absolute Gasteiger partial charge is 0.493 e. The maximum atomic E-state index is 13.4. The average molecular weight is 512 g/mol. The molecular formula is C23H25ClF3N5O3. The quantitative estimate of drug-likeness (QED) is 0.569. The van der Waals surface area contributed by atoms with Gasteiger partial charge >= 0.3 is 6.03 Å². The number of carbonyl (C=O) groups excluding carboxylic acids is 2. The minimum absolute atomic E-state index is 0.00577. The smallest absolute Gasteiger partial charge is 0.326 e. The van der Waals surface area contributed by atoms with Gasteiger partial charge in [-0.05, 0) is 37.8 Å². The van der Waals surface area contributed by atoms with E-state index < -0.39 is 17.9 Å². The first-order chi connectivity index (χ1) is 16.8. The van der Waals surface area contributed by atoms with Crippen molar-refractivity contribution < 1.29 is 27.5 Å². The molecular weight excluding hydrogens is 487 g/mol. The zero-order valence-corrected chi connectivity index (χ0v) is 19.6. The molecule has 35 heavy (non-hydrogen) atoms. The molecule has 1 aliphatic heterocycles. The molecule has 3 amide bonds. The molecule has 0 unspecified atom stereocenters. The number of hydrogen-bond donors (Lipinski definition) is 1. The van der Waals surface area contributed by atoms with Gasteiger partial charge in [0.05, 0.1) is 30.4 Å². The molecule has 1 aliphatic carbocycles. The molecule has 2 aromatic rings. The van der Waals surface area contributed by atoms with Crippen LogP contribution in [0.2, 0.25) is 5.02 Å². The number of halogens is 4. The molecule has 0 bridgehead atoms. The Balaban J connectivity index is 1.19. The number of carbonyl (C=O) groups is 2. The highest BCUT2D eigenvalue weighted by molar-refractivity contribution is 6.30. The van der Waals surface area contributed by atoms with Crippen molar-refractivity contribution in [2.75, 3.05) is 24.6 Å². The van der Waals surface area contributed by atoms with E-state index in [-0.39, 0.29) is 47.9 Å². The van der Waals surface area contributed by atoms with Crippen LogP contribution in [0, 0.1) is 5.82 Å². The summed E-state index contributed by atoms with van der Waals surface area (Å²) in [4.78, 5) is 36.0. The molecule has 0 spiro atoms. The predicted molar refractivity (Wildman–Crippen MR) is 122 cm³/mol. The van der Waals surface area contributed by atoms with Gasteiger partial charge in [-0.3, -0.25) is 9.69 Å². The normalized spacial score (nSPS) is 20.4. The SMILES string of the molecule is O=C(CCOc1ccc(Cl)c(F)c1)NC1CCC(N2CCN(c3cnc(C(F)F)cn3)C2=O)CC1. The van der Waals surface area contributed by atoms with Crippen molar-refractivity contribution in [2.24, 2.45) is 0 Å². The number of nitrogens with one attached hydrogen (secondary N) is 1. The number of anilines is 1. The fourth-order valence-corrected chi connectivity index (χ4v) is 4.47. The van der Waals surface area contributed by atoms with Crippen molar-refractivity contribution in [3.63, 3.8) is 0 Å². The Morgan fingerprint density at radius 3 is 2.60 bits per heavy atom. The van der Waals surface area contributed by atoms with Crippen LogP contribution in [0.25, 0.3) is 0 Å². The number of rotatable bonds is 8. The Morgan fingerprint density at radius 1 is 1.17 bits per heavy atom. The molecule has 2 aliphatic rings. The zero-order valence-electron chi connectivity index (χ0n) is 18.8. The highest BCUT2D eigenvalue weighted by Gasteiger charge is 2.37. The second-order valence-electron chi connectivity index (χ2n) is 8.48. The lowest BCUT2D eigenvalue weighted by Gasteiger charge is -2.34. The molecule has 8 nitrogen and oxygen atoms in total. The number of ether oxygens (including phenoxy) is 1. The van der Waals surface area contributed by atoms with Crippen molar-refractivity contribution in [1.82, 2.24) is 20.2 Å². The fraction of sp³-hybridized carbons (Fsp3) is 0.478. The van der Waals surface area contributed by atoms with E-state index in [0.717, 1.165) is 31.9 Å². The Kier molecular flexibility index (Phi) is 7.94. The van der Waals surface area contributed by atoms with Gasteiger partial charge in [-0.15, -0.1) is 0 Å². The van der Waals surface area contributed by atoms with Crippen LogP contribution in [0.1, 0.15) is 44.2 Å². The minimum atomic E-state index is -2.71. The second kappa shape index (κ2) is 11.1. The summed E-state index contributed by atoms with van der Waals surface area (Å²) in [5.41, 5.74) is -0.428. The third-order valence-electron chi connectivity index (χ3n) is 6.19. The lowest BCUT2D eigenvalue weighted by Crippen LogP contribution is -2.45. The van der Waals surface area contributed by atoms with Gasteiger partial charge in [0.1, 0.15) is 17.3 Å². The second-order valence-corrected chi connectivity index (χ2v) is 8.88. The van der Waals surface area contributed by atoms with Gasteiger partial charge in [-0.1, -0.05) is 11.6 Å². The maximum absolute atomic E-state index is 13.4. The maximum Gasteiger partial charge on any atom is 0.326 e. The van der Waals surface area contributed by atoms with Crippen LogP contribution >= 0.6 is 11.6 Å². The van der Waals surface area contributed by atoms with Crippen LogP contribution in [0.15, 0.2) is 30.6 Å². The summed E-state index contributed by atoms with van der Waals surface area (Å²) in [5, 5.41) is 3.00. The number of nitrogens with zero attached hydrogens (tertiary/aromatic N) is 4. The molecule has 1 saturated carbocycles. The van der Waals surface area contributed by atoms with E-state index in [1.807, 2.05) is 0 Å². The molecule has 1 aromatic carbocycles. The van der Waals surface area contributed by atoms with E-state index in [9.17, 15) is 22.8 Å². The summed E-state index contributed by atoms with van der Waals surface area (Å²) in [6, 6.07) is 3.94. The van der Waals surface area contributed by atoms with Crippen molar-refractivity contribution in [3.8, 4) is 5.75 Å². The van der Waals surface area contributed by atoms with E-state index >= 15 is 0 Å². The summed E-state index contributed by atoms with van der Waals surface area (Å²) in [7, 11) is 0. The Morgan fingerprint density at radius 2 is 1.94 bits per heavy atom. The van der Waals surface area contributed by atoms with Gasteiger partial charge in [0.15, 0.2) is 5.82 Å². The van der Waals surface area contributed by atoms with Crippen molar-refractivity contribution >= 4 is 29.4 Å². The van der Waals surface area contributed by atoms with Crippen LogP contribution < -0.4 is 15.0 Å². The monoisotopic (exact) mass is 511 g/mol. The van der Waals surface area contributed by atoms with E-state index in [0.29, 0.717) is 18.8 Å². The molecule has 2 fully saturated rings. The Hall–Kier alpha value is -3.08. The average Bonchev–Trinajstić information content (AvgIpc) is 3.23. The lowest BCUT2D eigenvalue weighted by molar-refractivity contribution is -0.122. The minimum Gasteiger partial charge on any atom is -0.493 e. The molecule has 0 atom stereocenters. The first-order valence-electron chi connectivity index (χ1n) is 11.4. The fourth-order valence-electron chi connectivity index (χ4n) is 4.35. The first-order valence-corrected chi connectivity index (χ1v) is 11.7. The van der Waals surface area contributed by atoms with Crippen LogP contribution in [-0.2, 0) is 4.79 Å². The first kappa shape index (κ1) is 25.0. The van der Waals surface area contributed by atoms with E-state index in [2.05, 4.69) is 15.3 Å². The summed E-state index contributed by atoms with van der Waals surface area (Å²) in [6.45, 7) is 1.04. The van der Waals surface area contributed by atoms with E-state index in [1.54, 1.807) is 4.90 Å². The molecule has 4 rings (SSSR count). The van der Waals surface area contributed by atoms with Gasteiger partial charge < -0.3 is 15.0 Å². The number of benzene rings is 1. The van der Waals surface area contributed by atoms with Gasteiger partial charge in [-0.25, -0.2) is 27.9 Å². The lowest BCUT2D eigenvalue weighted by atomic mass is 9.90. The van der Waals surface area contributed by atoms with Gasteiger partial charge in [0.2, 0.25) is 5.91 Å². The molecule has 12 heteroatoms. The van der Waals surface area contributed by atoms with Gasteiger partial charge in [0, 0.05) is 31.2 Å². The molecule has 1 N–H and O–H groups in total. The topological polar surface area (TPSA) is 87.7 Å². The Bertz CT molecular complexity index is 1050. The van der Waals surface area contributed by atoms with Crippen molar-refractivity contribution in [1.29, 1.82) is 0 Å². The third kappa shape index (κ3) is 6.14. The van der Waals surface area contributed by atoms with Gasteiger partial charge in [0.25, 0.3) is 6.43 Å². The molecule has 2 heterocycles. The summed E-state index contributed by atoms with van der Waals surface area (Å²) >= 11 is 5.64. The van der Waals surface area contributed by atoms with Crippen LogP contribution in [0.4, 0.5) is 23.8 Å². The van der Waals surface area contributed by atoms with Crippen molar-refractivity contribution in [3.05, 3.63) is 47.1 Å². The molecule has 1 aromatic heterocycles. The Labute approximate surface area is 205 Å². The predicted octanol–water partition coefficient (Wildman–Crippen LogP) is 4.35. The van der Waals surface area contributed by atoms with Crippen LogP contribution in [0.3, 0.4) is 0 Å². The number of aromatic nitrogens is 2. The standard InChI is InChI=1S/C23H25ClF3N5O3/c24-17-6-5-16(11-18(17)25)35-10-7-21(33)30-14-1-3-15(4-2-14)31-8-9-32(23(31)34)20-13-28-19(12-29-20)22(26)27/h5-6,11-15,22H,1-4,7-10H2,(H,30,33).